The maximum atomic E-state index is 14.4. The van der Waals surface area contributed by atoms with Gasteiger partial charge in [-0.25, -0.2) is 4.79 Å². The largest absolute Gasteiger partial charge is 0.481 e. The summed E-state index contributed by atoms with van der Waals surface area (Å²) in [5, 5.41) is 48.4. The van der Waals surface area contributed by atoms with E-state index in [1.165, 1.54) is 4.90 Å². The van der Waals surface area contributed by atoms with Crippen LogP contribution in [0.1, 0.15) is 90.5 Å². The van der Waals surface area contributed by atoms with Crippen LogP contribution in [0.2, 0.25) is 0 Å². The molecule has 434 valence electrons. The third-order valence-electron chi connectivity index (χ3n) is 12.7. The van der Waals surface area contributed by atoms with Crippen molar-refractivity contribution in [1.82, 2.24) is 47.1 Å². The van der Waals surface area contributed by atoms with Crippen LogP contribution >= 0.6 is 25.3 Å². The number of thiol groups is 2. The normalized spacial score (nSPS) is 16.7. The Labute approximate surface area is 462 Å². The maximum absolute atomic E-state index is 14.4. The number of aliphatic imine (C=N–C) groups is 1. The van der Waals surface area contributed by atoms with Crippen LogP contribution in [-0.4, -0.2) is 182 Å². The van der Waals surface area contributed by atoms with Crippen molar-refractivity contribution in [3.8, 4) is 0 Å². The number of guanidine groups is 1. The van der Waals surface area contributed by atoms with E-state index in [-0.39, 0.29) is 68.7 Å². The average Bonchev–Trinajstić information content (AvgIpc) is 4.05. The molecule has 8 amide bonds. The zero-order chi connectivity index (χ0) is 58.2. The number of nitrogens with zero attached hydrogens (tertiary/aromatic N) is 2. The number of aromatic nitrogens is 1. The Hall–Kier alpha value is -6.69. The zero-order valence-electron chi connectivity index (χ0n) is 44.1. The summed E-state index contributed by atoms with van der Waals surface area (Å²) >= 11 is 8.40. The first kappa shape index (κ1) is 65.6. The van der Waals surface area contributed by atoms with Crippen LogP contribution in [0.15, 0.2) is 35.5 Å². The molecular formula is C49H78N14O13S2. The molecule has 2 heterocycles. The lowest BCUT2D eigenvalue weighted by atomic mass is 10.0. The van der Waals surface area contributed by atoms with E-state index < -0.39 is 133 Å². The molecule has 0 saturated carbocycles. The van der Waals surface area contributed by atoms with E-state index in [2.05, 4.69) is 72.5 Å². The minimum atomic E-state index is -1.84. The van der Waals surface area contributed by atoms with E-state index in [9.17, 15) is 63.3 Å². The Morgan fingerprint density at radius 1 is 0.731 bits per heavy atom. The number of carboxylic acids is 2. The minimum absolute atomic E-state index is 0.00608. The Kier molecular flexibility index (Phi) is 27.7. The number of nitrogens with two attached hydrogens (primary N) is 4. The van der Waals surface area contributed by atoms with Crippen molar-refractivity contribution in [1.29, 1.82) is 0 Å². The van der Waals surface area contributed by atoms with Gasteiger partial charge >= 0.3 is 11.9 Å². The number of carbonyl (C=O) groups is 10. The average molecular weight is 1140 g/mol. The number of H-pyrrole nitrogens is 1. The molecule has 0 spiro atoms. The van der Waals surface area contributed by atoms with Gasteiger partial charge in [-0.3, -0.25) is 48.1 Å². The summed E-state index contributed by atoms with van der Waals surface area (Å²) < 4.78 is 0. The monoisotopic (exact) mass is 1130 g/mol. The smallest absolute Gasteiger partial charge is 0.326 e. The maximum Gasteiger partial charge on any atom is 0.326 e. The predicted octanol–water partition coefficient (Wildman–Crippen LogP) is -3.16. The number of para-hydroxylation sites is 1. The standard InChI is InChI=1S/C49H78N14O13S2/c1-25(2)20-29(51)47(74)63-19-9-14-37(63)45(72)61-35(23-77)43(70)60-36(24-78)44(71)62-39(26(3)64)46(73)57-32(15-16-38(65)66)41(68)59-34(21-27-22-55-30-11-5-4-10-28(27)30)42(69)56-31(12-6-7-17-50)40(67)58-33(48(75)76)13-8-18-54-49(52)53/h4-5,10-11,22,25-26,29,31-37,39,55,64,77-78H,6-9,12-21,23-24,50-51H2,1-3H3,(H,56,69)(H,57,73)(H,58,67)(H,59,68)(H,60,70)(H,61,72)(H,62,71)(H,65,66)(H,75,76)(H4,52,53,54)/t26-,29+,31+,32+,33+,34+,35+,36+,37+,39+/m1/s1. The number of rotatable bonds is 34. The molecule has 1 aliphatic rings. The number of aliphatic hydroxyl groups excluding tert-OH is 1. The van der Waals surface area contributed by atoms with Gasteiger partial charge in [0.15, 0.2) is 5.96 Å². The summed E-state index contributed by atoms with van der Waals surface area (Å²) in [7, 11) is 0. The number of likely N-dealkylation sites (tertiary alicyclic amines) is 1. The van der Waals surface area contributed by atoms with Gasteiger partial charge in [0.2, 0.25) is 47.3 Å². The summed E-state index contributed by atoms with van der Waals surface area (Å²) in [5.74, 6) is -10.4. The molecule has 78 heavy (non-hydrogen) atoms. The van der Waals surface area contributed by atoms with E-state index >= 15 is 0 Å². The van der Waals surface area contributed by atoms with E-state index in [0.717, 1.165) is 6.92 Å². The first-order valence-electron chi connectivity index (χ1n) is 25.8. The van der Waals surface area contributed by atoms with Crippen molar-refractivity contribution < 1.29 is 63.3 Å². The molecule has 1 aromatic heterocycles. The summed E-state index contributed by atoms with van der Waals surface area (Å²) in [4.78, 5) is 143. The number of aromatic amines is 1. The lowest BCUT2D eigenvalue weighted by Crippen LogP contribution is -2.62. The highest BCUT2D eigenvalue weighted by Crippen LogP contribution is 2.22. The lowest BCUT2D eigenvalue weighted by molar-refractivity contribution is -0.142. The third-order valence-corrected chi connectivity index (χ3v) is 13.5. The lowest BCUT2D eigenvalue weighted by Gasteiger charge is -2.29. The molecule has 1 aromatic carbocycles. The van der Waals surface area contributed by atoms with Crippen molar-refractivity contribution in [2.45, 2.75) is 152 Å². The Morgan fingerprint density at radius 2 is 1.28 bits per heavy atom. The highest BCUT2D eigenvalue weighted by atomic mass is 32.1. The van der Waals surface area contributed by atoms with Gasteiger partial charge in [0, 0.05) is 54.5 Å². The number of fused-ring (bicyclic) bond motifs is 1. The highest BCUT2D eigenvalue weighted by molar-refractivity contribution is 7.80. The van der Waals surface area contributed by atoms with E-state index in [0.29, 0.717) is 48.6 Å². The molecule has 1 saturated heterocycles. The molecule has 29 heteroatoms. The van der Waals surface area contributed by atoms with Crippen molar-refractivity contribution >= 4 is 101 Å². The predicted molar refractivity (Wildman–Crippen MR) is 294 cm³/mol. The van der Waals surface area contributed by atoms with Gasteiger partial charge in [-0.2, -0.15) is 25.3 Å². The first-order valence-corrected chi connectivity index (χ1v) is 27.0. The SMILES string of the molecule is CC(C)C[C@H](N)C(=O)N1CCC[C@H]1C(=O)N[C@@H](CS)C(=O)N[C@@H](CS)C(=O)N[C@H](C(=O)N[C@@H](CCC(=O)O)C(=O)N[C@@H](Cc1c[nH]c2ccccc12)C(=O)N[C@@H](CCCCN)C(=O)N[C@@H](CCCN=C(N)N)C(=O)O)[C@@H](C)O. The van der Waals surface area contributed by atoms with Crippen LogP contribution in [0.25, 0.3) is 10.9 Å². The molecule has 1 aliphatic heterocycles. The second-order valence-corrected chi connectivity index (χ2v) is 20.2. The van der Waals surface area contributed by atoms with Gasteiger partial charge in [0.1, 0.15) is 48.3 Å². The van der Waals surface area contributed by atoms with Crippen LogP contribution in [0.3, 0.4) is 0 Å². The fourth-order valence-corrected chi connectivity index (χ4v) is 9.09. The number of hydrogen-bond acceptors (Lipinski definition) is 16. The second-order valence-electron chi connectivity index (χ2n) is 19.5. The van der Waals surface area contributed by atoms with Gasteiger partial charge < -0.3 is 85.4 Å². The number of hydrogen-bond donors (Lipinski definition) is 17. The highest BCUT2D eigenvalue weighted by Gasteiger charge is 2.39. The van der Waals surface area contributed by atoms with Crippen LogP contribution < -0.4 is 60.2 Å². The molecule has 0 radical (unpaired) electrons. The molecule has 0 unspecified atom stereocenters. The molecule has 0 bridgehead atoms. The number of carboxylic acid groups (broad SMARTS) is 2. The Balaban J connectivity index is 1.85. The number of nitrogens with one attached hydrogen (secondary N) is 8. The van der Waals surface area contributed by atoms with Crippen LogP contribution in [-0.2, 0) is 54.4 Å². The van der Waals surface area contributed by atoms with E-state index in [4.69, 9.17) is 22.9 Å². The molecule has 10 atom stereocenters. The molecular weight excluding hydrogens is 1060 g/mol. The summed E-state index contributed by atoms with van der Waals surface area (Å²) in [5.41, 5.74) is 23.8. The number of carbonyl (C=O) groups excluding carboxylic acids is 8. The topological polar surface area (TPSA) is 451 Å². The van der Waals surface area contributed by atoms with Crippen molar-refractivity contribution in [2.75, 3.05) is 31.1 Å². The number of benzene rings is 1. The Bertz CT molecular complexity index is 2420. The molecule has 27 nitrogen and oxygen atoms in total. The quantitative estimate of drug-likeness (QED) is 0.0142. The van der Waals surface area contributed by atoms with Crippen LogP contribution in [0.4, 0.5) is 0 Å². The number of aliphatic carboxylic acids is 2. The molecule has 1 fully saturated rings. The Morgan fingerprint density at radius 3 is 1.88 bits per heavy atom. The van der Waals surface area contributed by atoms with Crippen molar-refractivity contribution in [3.05, 3.63) is 36.0 Å². The minimum Gasteiger partial charge on any atom is -0.481 e. The zero-order valence-corrected chi connectivity index (χ0v) is 45.9. The van der Waals surface area contributed by atoms with Crippen LogP contribution in [0, 0.1) is 5.92 Å². The van der Waals surface area contributed by atoms with Crippen molar-refractivity contribution in [3.63, 3.8) is 0 Å². The molecule has 0 aliphatic carbocycles. The van der Waals surface area contributed by atoms with Gasteiger partial charge in [-0.1, -0.05) is 32.0 Å². The van der Waals surface area contributed by atoms with Gasteiger partial charge in [0.05, 0.1) is 12.1 Å². The first-order chi connectivity index (χ1) is 36.9. The van der Waals surface area contributed by atoms with Gasteiger partial charge in [-0.15, -0.1) is 0 Å². The van der Waals surface area contributed by atoms with E-state index in [1.807, 2.05) is 13.8 Å². The number of unbranched alkanes of at least 4 members (excludes halogenated alkanes) is 1. The van der Waals surface area contributed by atoms with Crippen LogP contribution in [0.5, 0.6) is 0 Å². The number of aliphatic hydroxyl groups is 1. The second kappa shape index (κ2) is 32.9. The third kappa shape index (κ3) is 20.9. The summed E-state index contributed by atoms with van der Waals surface area (Å²) in [6.07, 6.45) is 0.505. The fraction of sp³-hybridized carbons (Fsp3) is 0.612. The molecule has 3 rings (SSSR count). The fourth-order valence-electron chi connectivity index (χ4n) is 8.58. The summed E-state index contributed by atoms with van der Waals surface area (Å²) in [6.45, 7) is 5.56. The summed E-state index contributed by atoms with van der Waals surface area (Å²) in [6, 6.07) is -5.39. The van der Waals surface area contributed by atoms with E-state index in [1.54, 1.807) is 30.5 Å². The van der Waals surface area contributed by atoms with Crippen molar-refractivity contribution in [2.24, 2.45) is 33.8 Å². The molecule has 2 aromatic rings. The number of amides is 8. The van der Waals surface area contributed by atoms with Gasteiger partial charge in [0.25, 0.3) is 0 Å². The van der Waals surface area contributed by atoms with Gasteiger partial charge in [-0.05, 0) is 88.8 Å². The molecule has 19 N–H and O–H groups in total.